The van der Waals surface area contributed by atoms with Gasteiger partial charge in [0.05, 0.1) is 6.10 Å². The van der Waals surface area contributed by atoms with Crippen molar-refractivity contribution >= 4 is 0 Å². The van der Waals surface area contributed by atoms with Crippen molar-refractivity contribution in [3.05, 3.63) is 0 Å². The lowest BCUT2D eigenvalue weighted by Crippen LogP contribution is -2.35. The summed E-state index contributed by atoms with van der Waals surface area (Å²) in [6, 6.07) is 0.458. The van der Waals surface area contributed by atoms with Crippen molar-refractivity contribution in [2.24, 2.45) is 0 Å². The van der Waals surface area contributed by atoms with Crippen molar-refractivity contribution in [1.82, 2.24) is 5.32 Å². The second kappa shape index (κ2) is 4.77. The van der Waals surface area contributed by atoms with Gasteiger partial charge < -0.3 is 10.1 Å². The van der Waals surface area contributed by atoms with Crippen LogP contribution in [0.5, 0.6) is 0 Å². The molecule has 56 valence electrons. The summed E-state index contributed by atoms with van der Waals surface area (Å²) in [5, 5.41) is 3.14. The zero-order chi connectivity index (χ0) is 7.28. The highest BCUT2D eigenvalue weighted by atomic mass is 16.5. The molecule has 0 rings (SSSR count). The number of hydrogen-bond acceptors (Lipinski definition) is 2. The molecule has 0 saturated carbocycles. The van der Waals surface area contributed by atoms with Crippen LogP contribution in [0.15, 0.2) is 0 Å². The predicted octanol–water partition coefficient (Wildman–Crippen LogP) is 1.02. The zero-order valence-corrected chi connectivity index (χ0v) is 6.77. The first-order valence-electron chi connectivity index (χ1n) is 3.46. The van der Waals surface area contributed by atoms with Gasteiger partial charge in [0.1, 0.15) is 0 Å². The largest absolute Gasteiger partial charge is 0.380 e. The van der Waals surface area contributed by atoms with Gasteiger partial charge in [-0.25, -0.2) is 0 Å². The van der Waals surface area contributed by atoms with E-state index in [1.165, 1.54) is 0 Å². The van der Waals surface area contributed by atoms with Crippen LogP contribution in [0.2, 0.25) is 0 Å². The van der Waals surface area contributed by atoms with Crippen molar-refractivity contribution in [1.29, 1.82) is 0 Å². The van der Waals surface area contributed by atoms with Crippen molar-refractivity contribution in [2.75, 3.05) is 14.2 Å². The van der Waals surface area contributed by atoms with Crippen LogP contribution < -0.4 is 5.32 Å². The zero-order valence-electron chi connectivity index (χ0n) is 6.77. The Labute approximate surface area is 57.6 Å². The van der Waals surface area contributed by atoms with Crippen LogP contribution in [0, 0.1) is 0 Å². The average Bonchev–Trinajstić information content (AvgIpc) is 1.90. The van der Waals surface area contributed by atoms with Crippen LogP contribution in [-0.2, 0) is 4.74 Å². The molecule has 0 radical (unpaired) electrons. The molecule has 0 fully saturated rings. The molecular formula is C7H17NO. The lowest BCUT2D eigenvalue weighted by molar-refractivity contribution is 0.0733. The van der Waals surface area contributed by atoms with E-state index in [1.54, 1.807) is 7.11 Å². The molecule has 2 unspecified atom stereocenters. The van der Waals surface area contributed by atoms with Gasteiger partial charge >= 0.3 is 0 Å². The van der Waals surface area contributed by atoms with E-state index in [0.29, 0.717) is 12.1 Å². The number of ether oxygens (including phenoxy) is 1. The van der Waals surface area contributed by atoms with E-state index in [9.17, 15) is 0 Å². The fraction of sp³-hybridized carbons (Fsp3) is 1.00. The number of hydrogen-bond donors (Lipinski definition) is 1. The number of rotatable bonds is 4. The number of methoxy groups -OCH3 is 1. The van der Waals surface area contributed by atoms with Crippen LogP contribution in [0.4, 0.5) is 0 Å². The summed E-state index contributed by atoms with van der Waals surface area (Å²) < 4.78 is 5.19. The van der Waals surface area contributed by atoms with Gasteiger partial charge in [-0.2, -0.15) is 0 Å². The summed E-state index contributed by atoms with van der Waals surface area (Å²) in [7, 11) is 3.70. The highest BCUT2D eigenvalue weighted by molar-refractivity contribution is 4.67. The van der Waals surface area contributed by atoms with Crippen molar-refractivity contribution in [3.8, 4) is 0 Å². The Hall–Kier alpha value is -0.0800. The third kappa shape index (κ3) is 2.82. The molecule has 0 aromatic heterocycles. The Kier molecular flexibility index (Phi) is 4.72. The van der Waals surface area contributed by atoms with E-state index in [2.05, 4.69) is 19.2 Å². The minimum absolute atomic E-state index is 0.356. The van der Waals surface area contributed by atoms with Crippen LogP contribution in [0.3, 0.4) is 0 Å². The molecular weight excluding hydrogens is 114 g/mol. The fourth-order valence-electron chi connectivity index (χ4n) is 0.910. The van der Waals surface area contributed by atoms with Gasteiger partial charge in [-0.15, -0.1) is 0 Å². The topological polar surface area (TPSA) is 21.3 Å². The van der Waals surface area contributed by atoms with Crippen LogP contribution in [0.1, 0.15) is 20.3 Å². The first kappa shape index (κ1) is 8.92. The second-order valence-corrected chi connectivity index (χ2v) is 2.26. The monoisotopic (exact) mass is 131 g/mol. The first-order chi connectivity index (χ1) is 4.26. The second-order valence-electron chi connectivity index (χ2n) is 2.26. The van der Waals surface area contributed by atoms with E-state index in [4.69, 9.17) is 4.74 Å². The number of nitrogens with one attached hydrogen (secondary N) is 1. The van der Waals surface area contributed by atoms with Crippen LogP contribution in [-0.4, -0.2) is 26.3 Å². The van der Waals surface area contributed by atoms with Crippen molar-refractivity contribution < 1.29 is 4.74 Å². The molecule has 0 aliphatic rings. The third-order valence-corrected chi connectivity index (χ3v) is 1.72. The number of likely N-dealkylation sites (N-methyl/N-ethyl adjacent to an activating group) is 1. The van der Waals surface area contributed by atoms with Gasteiger partial charge in [-0.05, 0) is 20.4 Å². The molecule has 1 N–H and O–H groups in total. The fourth-order valence-corrected chi connectivity index (χ4v) is 0.910. The molecule has 0 aliphatic carbocycles. The van der Waals surface area contributed by atoms with Crippen LogP contribution >= 0.6 is 0 Å². The molecule has 2 nitrogen and oxygen atoms in total. The quantitative estimate of drug-likeness (QED) is 0.615. The molecule has 0 aromatic carbocycles. The van der Waals surface area contributed by atoms with Crippen molar-refractivity contribution in [3.63, 3.8) is 0 Å². The van der Waals surface area contributed by atoms with Gasteiger partial charge in [-0.1, -0.05) is 6.92 Å². The summed E-state index contributed by atoms with van der Waals surface area (Å²) in [5.74, 6) is 0. The standard InChI is InChI=1S/C7H17NO/c1-5-7(9-4)6(2)8-3/h6-8H,5H2,1-4H3. The highest BCUT2D eigenvalue weighted by Crippen LogP contribution is 2.00. The molecule has 2 atom stereocenters. The normalized spacial score (nSPS) is 17.3. The highest BCUT2D eigenvalue weighted by Gasteiger charge is 2.10. The predicted molar refractivity (Wildman–Crippen MR) is 39.6 cm³/mol. The van der Waals surface area contributed by atoms with Gasteiger partial charge in [0.2, 0.25) is 0 Å². The van der Waals surface area contributed by atoms with Gasteiger partial charge in [0.15, 0.2) is 0 Å². The Bertz CT molecular complexity index is 61.9. The summed E-state index contributed by atoms with van der Waals surface area (Å²) >= 11 is 0. The van der Waals surface area contributed by atoms with Gasteiger partial charge in [0, 0.05) is 13.2 Å². The SMILES string of the molecule is CCC(OC)C(C)NC. The molecule has 9 heavy (non-hydrogen) atoms. The summed E-state index contributed by atoms with van der Waals surface area (Å²) in [6.07, 6.45) is 1.42. The van der Waals surface area contributed by atoms with Crippen LogP contribution in [0.25, 0.3) is 0 Å². The Morgan fingerprint density at radius 3 is 2.22 bits per heavy atom. The van der Waals surface area contributed by atoms with Gasteiger partial charge in [0.25, 0.3) is 0 Å². The Morgan fingerprint density at radius 2 is 2.11 bits per heavy atom. The maximum Gasteiger partial charge on any atom is 0.0718 e. The molecule has 0 saturated heterocycles. The molecule has 0 heterocycles. The van der Waals surface area contributed by atoms with Crippen molar-refractivity contribution in [2.45, 2.75) is 32.4 Å². The maximum atomic E-state index is 5.19. The maximum absolute atomic E-state index is 5.19. The molecule has 2 heteroatoms. The van der Waals surface area contributed by atoms with E-state index < -0.39 is 0 Å². The average molecular weight is 131 g/mol. The first-order valence-corrected chi connectivity index (χ1v) is 3.46. The Morgan fingerprint density at radius 1 is 1.56 bits per heavy atom. The summed E-state index contributed by atoms with van der Waals surface area (Å²) in [4.78, 5) is 0. The molecule has 0 spiro atoms. The Balaban J connectivity index is 3.50. The smallest absolute Gasteiger partial charge is 0.0718 e. The molecule has 0 bridgehead atoms. The van der Waals surface area contributed by atoms with E-state index in [1.807, 2.05) is 7.05 Å². The lowest BCUT2D eigenvalue weighted by atomic mass is 10.1. The minimum Gasteiger partial charge on any atom is -0.380 e. The van der Waals surface area contributed by atoms with E-state index >= 15 is 0 Å². The summed E-state index contributed by atoms with van der Waals surface area (Å²) in [5.41, 5.74) is 0. The minimum atomic E-state index is 0.356. The van der Waals surface area contributed by atoms with E-state index in [0.717, 1.165) is 6.42 Å². The molecule has 0 aromatic rings. The lowest BCUT2D eigenvalue weighted by Gasteiger charge is -2.19. The molecule has 0 aliphatic heterocycles. The molecule has 0 amide bonds. The summed E-state index contributed by atoms with van der Waals surface area (Å²) in [6.45, 7) is 4.25. The van der Waals surface area contributed by atoms with E-state index in [-0.39, 0.29) is 0 Å². The van der Waals surface area contributed by atoms with Gasteiger partial charge in [-0.3, -0.25) is 0 Å². The third-order valence-electron chi connectivity index (χ3n) is 1.72.